The SMILES string of the molecule is C=CC(CC1C=CNC1)[C@H]1C=CCCC1. The van der Waals surface area contributed by atoms with Gasteiger partial charge in [0.1, 0.15) is 0 Å². The average Bonchev–Trinajstić information content (AvgIpc) is 2.80. The molecule has 82 valence electrons. The molecule has 1 heteroatoms. The van der Waals surface area contributed by atoms with Crippen molar-refractivity contribution in [1.29, 1.82) is 0 Å². The highest BCUT2D eigenvalue weighted by Gasteiger charge is 2.21. The number of hydrogen-bond donors (Lipinski definition) is 1. The molecular weight excluding hydrogens is 182 g/mol. The van der Waals surface area contributed by atoms with E-state index in [2.05, 4.69) is 42.4 Å². The molecule has 0 aromatic heterocycles. The summed E-state index contributed by atoms with van der Waals surface area (Å²) < 4.78 is 0. The Morgan fingerprint density at radius 2 is 2.40 bits per heavy atom. The van der Waals surface area contributed by atoms with Crippen LogP contribution in [0.5, 0.6) is 0 Å². The lowest BCUT2D eigenvalue weighted by Gasteiger charge is -2.25. The maximum Gasteiger partial charge on any atom is 0.0205 e. The fourth-order valence-electron chi connectivity index (χ4n) is 2.64. The van der Waals surface area contributed by atoms with E-state index in [1.807, 2.05) is 0 Å². The molecule has 0 radical (unpaired) electrons. The van der Waals surface area contributed by atoms with Crippen LogP contribution in [0.4, 0.5) is 0 Å². The first-order valence-corrected chi connectivity index (χ1v) is 6.09. The van der Waals surface area contributed by atoms with Crippen molar-refractivity contribution in [2.45, 2.75) is 25.7 Å². The van der Waals surface area contributed by atoms with E-state index in [1.165, 1.54) is 25.7 Å². The van der Waals surface area contributed by atoms with Crippen LogP contribution in [-0.4, -0.2) is 6.54 Å². The summed E-state index contributed by atoms with van der Waals surface area (Å²) in [5, 5.41) is 3.27. The third-order valence-electron chi connectivity index (χ3n) is 3.59. The van der Waals surface area contributed by atoms with Gasteiger partial charge in [-0.05, 0) is 49.6 Å². The minimum atomic E-state index is 0.663. The van der Waals surface area contributed by atoms with E-state index in [9.17, 15) is 0 Å². The lowest BCUT2D eigenvalue weighted by molar-refractivity contribution is 0.366. The molecule has 2 aliphatic rings. The van der Waals surface area contributed by atoms with Crippen molar-refractivity contribution in [3.8, 4) is 0 Å². The molecule has 1 nitrogen and oxygen atoms in total. The Bertz CT molecular complexity index is 265. The molecule has 1 heterocycles. The largest absolute Gasteiger partial charge is 0.391 e. The highest BCUT2D eigenvalue weighted by Crippen LogP contribution is 2.30. The molecule has 0 aromatic rings. The van der Waals surface area contributed by atoms with Crippen molar-refractivity contribution in [2.24, 2.45) is 17.8 Å². The monoisotopic (exact) mass is 203 g/mol. The Balaban J connectivity index is 1.90. The van der Waals surface area contributed by atoms with Gasteiger partial charge in [0.25, 0.3) is 0 Å². The molecule has 0 fully saturated rings. The van der Waals surface area contributed by atoms with Crippen molar-refractivity contribution >= 4 is 0 Å². The van der Waals surface area contributed by atoms with Gasteiger partial charge in [-0.3, -0.25) is 0 Å². The van der Waals surface area contributed by atoms with E-state index in [1.54, 1.807) is 0 Å². The van der Waals surface area contributed by atoms with Gasteiger partial charge in [-0.15, -0.1) is 6.58 Å². The van der Waals surface area contributed by atoms with Crippen LogP contribution in [0.2, 0.25) is 0 Å². The van der Waals surface area contributed by atoms with E-state index in [0.717, 1.165) is 12.5 Å². The van der Waals surface area contributed by atoms with Crippen LogP contribution in [0.1, 0.15) is 25.7 Å². The molecular formula is C14H21N. The molecule has 0 bridgehead atoms. The Labute approximate surface area is 93.0 Å². The van der Waals surface area contributed by atoms with Crippen LogP contribution in [0.3, 0.4) is 0 Å². The van der Waals surface area contributed by atoms with Crippen LogP contribution < -0.4 is 5.32 Å². The zero-order valence-electron chi connectivity index (χ0n) is 9.36. The van der Waals surface area contributed by atoms with Gasteiger partial charge in [-0.25, -0.2) is 0 Å². The van der Waals surface area contributed by atoms with Gasteiger partial charge in [0.05, 0.1) is 0 Å². The fourth-order valence-corrected chi connectivity index (χ4v) is 2.64. The third kappa shape index (κ3) is 2.74. The van der Waals surface area contributed by atoms with E-state index >= 15 is 0 Å². The smallest absolute Gasteiger partial charge is 0.0205 e. The van der Waals surface area contributed by atoms with Crippen LogP contribution >= 0.6 is 0 Å². The first kappa shape index (κ1) is 10.5. The number of nitrogens with one attached hydrogen (secondary N) is 1. The van der Waals surface area contributed by atoms with E-state index in [4.69, 9.17) is 0 Å². The molecule has 0 aromatic carbocycles. The second-order valence-electron chi connectivity index (χ2n) is 4.69. The minimum absolute atomic E-state index is 0.663. The van der Waals surface area contributed by atoms with Gasteiger partial charge in [0.2, 0.25) is 0 Å². The van der Waals surface area contributed by atoms with Crippen molar-refractivity contribution in [3.05, 3.63) is 37.1 Å². The van der Waals surface area contributed by atoms with Gasteiger partial charge < -0.3 is 5.32 Å². The van der Waals surface area contributed by atoms with E-state index in [-0.39, 0.29) is 0 Å². The maximum absolute atomic E-state index is 4.00. The van der Waals surface area contributed by atoms with Gasteiger partial charge in [-0.2, -0.15) is 0 Å². The lowest BCUT2D eigenvalue weighted by atomic mass is 9.80. The molecule has 15 heavy (non-hydrogen) atoms. The maximum atomic E-state index is 4.00. The third-order valence-corrected chi connectivity index (χ3v) is 3.59. The molecule has 1 aliphatic carbocycles. The van der Waals surface area contributed by atoms with E-state index in [0.29, 0.717) is 11.8 Å². The molecule has 2 unspecified atom stereocenters. The van der Waals surface area contributed by atoms with Crippen LogP contribution in [0.25, 0.3) is 0 Å². The Kier molecular flexibility index (Phi) is 3.65. The van der Waals surface area contributed by atoms with Gasteiger partial charge in [0, 0.05) is 6.54 Å². The number of hydrogen-bond acceptors (Lipinski definition) is 1. The number of allylic oxidation sites excluding steroid dienone is 3. The Morgan fingerprint density at radius 1 is 1.47 bits per heavy atom. The van der Waals surface area contributed by atoms with Crippen LogP contribution in [0.15, 0.2) is 37.1 Å². The molecule has 0 saturated carbocycles. The lowest BCUT2D eigenvalue weighted by Crippen LogP contribution is -2.18. The van der Waals surface area contributed by atoms with Crippen molar-refractivity contribution in [1.82, 2.24) is 5.32 Å². The van der Waals surface area contributed by atoms with Crippen molar-refractivity contribution in [3.63, 3.8) is 0 Å². The zero-order chi connectivity index (χ0) is 10.5. The van der Waals surface area contributed by atoms with Gasteiger partial charge in [-0.1, -0.05) is 24.3 Å². The van der Waals surface area contributed by atoms with Crippen molar-refractivity contribution in [2.75, 3.05) is 6.54 Å². The van der Waals surface area contributed by atoms with Crippen molar-refractivity contribution < 1.29 is 0 Å². The summed E-state index contributed by atoms with van der Waals surface area (Å²) in [7, 11) is 0. The standard InChI is InChI=1S/C14H21N/c1-2-13(10-12-8-9-15-11-12)14-6-4-3-5-7-14/h2,4,6,8-9,12-15H,1,3,5,7,10-11H2/t12?,13?,14-/m0/s1. The minimum Gasteiger partial charge on any atom is -0.391 e. The molecule has 1 N–H and O–H groups in total. The highest BCUT2D eigenvalue weighted by molar-refractivity contribution is 5.04. The summed E-state index contributed by atoms with van der Waals surface area (Å²) in [4.78, 5) is 0. The Hall–Kier alpha value is -0.980. The predicted octanol–water partition coefficient (Wildman–Crippen LogP) is 3.27. The average molecular weight is 203 g/mol. The fraction of sp³-hybridized carbons (Fsp3) is 0.571. The molecule has 2 rings (SSSR count). The van der Waals surface area contributed by atoms with Gasteiger partial charge in [0.15, 0.2) is 0 Å². The van der Waals surface area contributed by atoms with Crippen LogP contribution in [-0.2, 0) is 0 Å². The van der Waals surface area contributed by atoms with E-state index < -0.39 is 0 Å². The second kappa shape index (κ2) is 5.20. The van der Waals surface area contributed by atoms with Gasteiger partial charge >= 0.3 is 0 Å². The summed E-state index contributed by atoms with van der Waals surface area (Å²) >= 11 is 0. The molecule has 3 atom stereocenters. The second-order valence-corrected chi connectivity index (χ2v) is 4.69. The summed E-state index contributed by atoms with van der Waals surface area (Å²) in [6.07, 6.45) is 16.5. The topological polar surface area (TPSA) is 12.0 Å². The normalized spacial score (nSPS) is 31.2. The highest BCUT2D eigenvalue weighted by atomic mass is 14.9. The predicted molar refractivity (Wildman–Crippen MR) is 65.4 cm³/mol. The zero-order valence-corrected chi connectivity index (χ0v) is 9.36. The molecule has 0 amide bonds. The molecule has 0 spiro atoms. The Morgan fingerprint density at radius 3 is 3.00 bits per heavy atom. The first-order valence-electron chi connectivity index (χ1n) is 6.09. The summed E-state index contributed by atoms with van der Waals surface area (Å²) in [5.41, 5.74) is 0. The first-order chi connectivity index (χ1) is 7.40. The molecule has 0 saturated heterocycles. The summed E-state index contributed by atoms with van der Waals surface area (Å²) in [5.74, 6) is 2.12. The molecule has 1 aliphatic heterocycles. The van der Waals surface area contributed by atoms with Crippen LogP contribution in [0, 0.1) is 17.8 Å². The summed E-state index contributed by atoms with van der Waals surface area (Å²) in [6, 6.07) is 0. The summed E-state index contributed by atoms with van der Waals surface area (Å²) in [6.45, 7) is 5.11. The quantitative estimate of drug-likeness (QED) is 0.691. The number of rotatable bonds is 4.